The molecule has 0 saturated heterocycles. The predicted octanol–water partition coefficient (Wildman–Crippen LogP) is 2.02. The molecule has 2 aliphatic rings. The second kappa shape index (κ2) is 2.48. The number of hydrogen-bond acceptors (Lipinski definition) is 1. The lowest BCUT2D eigenvalue weighted by atomic mass is 9.78. The van der Waals surface area contributed by atoms with E-state index >= 15 is 0 Å². The maximum Gasteiger partial charge on any atom is 0.0101 e. The summed E-state index contributed by atoms with van der Waals surface area (Å²) >= 11 is 0. The second-order valence-corrected chi connectivity index (χ2v) is 4.73. The fourth-order valence-electron chi connectivity index (χ4n) is 3.37. The van der Waals surface area contributed by atoms with E-state index in [1.165, 1.54) is 19.3 Å². The zero-order valence-electron chi connectivity index (χ0n) is 7.59. The number of fused-ring (bicyclic) bond motifs is 2. The van der Waals surface area contributed by atoms with Gasteiger partial charge in [0.1, 0.15) is 0 Å². The van der Waals surface area contributed by atoms with Crippen molar-refractivity contribution in [2.75, 3.05) is 0 Å². The van der Waals surface area contributed by atoms with Crippen LogP contribution in [0, 0.1) is 23.7 Å². The molecule has 2 aliphatic carbocycles. The van der Waals surface area contributed by atoms with Gasteiger partial charge in [0, 0.05) is 6.04 Å². The van der Waals surface area contributed by atoms with Crippen LogP contribution in [0.15, 0.2) is 0 Å². The van der Waals surface area contributed by atoms with Crippen LogP contribution in [-0.2, 0) is 0 Å². The van der Waals surface area contributed by atoms with E-state index in [9.17, 15) is 0 Å². The normalized spacial score (nSPS) is 49.1. The molecule has 64 valence electrons. The standard InChI is InChI=1S/C10H19N/c1-6(2)9-7-3-4-8(5-7)10(9)11/h6-10H,3-5,11H2,1-2H3/t7-,8+,9?,10+/m1/s1. The van der Waals surface area contributed by atoms with Gasteiger partial charge in [0.05, 0.1) is 0 Å². The van der Waals surface area contributed by atoms with E-state index in [1.54, 1.807) is 0 Å². The molecule has 2 rings (SSSR count). The molecule has 0 heterocycles. The molecule has 1 unspecified atom stereocenters. The van der Waals surface area contributed by atoms with Gasteiger partial charge in [-0.1, -0.05) is 13.8 Å². The van der Waals surface area contributed by atoms with Crippen molar-refractivity contribution in [1.82, 2.24) is 0 Å². The van der Waals surface area contributed by atoms with Crippen LogP contribution in [0.1, 0.15) is 33.1 Å². The van der Waals surface area contributed by atoms with Crippen molar-refractivity contribution in [3.05, 3.63) is 0 Å². The molecule has 4 atom stereocenters. The lowest BCUT2D eigenvalue weighted by molar-refractivity contribution is 0.222. The van der Waals surface area contributed by atoms with Gasteiger partial charge in [-0.05, 0) is 42.9 Å². The largest absolute Gasteiger partial charge is 0.327 e. The Balaban J connectivity index is 2.11. The third kappa shape index (κ3) is 1.01. The van der Waals surface area contributed by atoms with Crippen molar-refractivity contribution in [1.29, 1.82) is 0 Å². The highest BCUT2D eigenvalue weighted by Gasteiger charge is 2.46. The molecule has 0 spiro atoms. The number of nitrogens with two attached hydrogens (primary N) is 1. The fourth-order valence-corrected chi connectivity index (χ4v) is 3.37. The average molecular weight is 153 g/mol. The summed E-state index contributed by atoms with van der Waals surface area (Å²) in [6.07, 6.45) is 4.31. The molecule has 1 heteroatoms. The van der Waals surface area contributed by atoms with Gasteiger partial charge in [-0.3, -0.25) is 0 Å². The topological polar surface area (TPSA) is 26.0 Å². The molecule has 2 N–H and O–H groups in total. The Hall–Kier alpha value is -0.0400. The van der Waals surface area contributed by atoms with Crippen LogP contribution in [0.2, 0.25) is 0 Å². The Labute approximate surface area is 69.4 Å². The molecule has 2 saturated carbocycles. The minimum atomic E-state index is 0.536. The van der Waals surface area contributed by atoms with Gasteiger partial charge in [0.2, 0.25) is 0 Å². The van der Waals surface area contributed by atoms with Crippen LogP contribution in [-0.4, -0.2) is 6.04 Å². The average Bonchev–Trinajstić information content (AvgIpc) is 2.44. The minimum absolute atomic E-state index is 0.536. The van der Waals surface area contributed by atoms with E-state index in [-0.39, 0.29) is 0 Å². The summed E-state index contributed by atoms with van der Waals surface area (Å²) in [5.74, 6) is 3.51. The lowest BCUT2D eigenvalue weighted by Crippen LogP contribution is -2.38. The predicted molar refractivity (Wildman–Crippen MR) is 47.1 cm³/mol. The van der Waals surface area contributed by atoms with Gasteiger partial charge in [0.15, 0.2) is 0 Å². The summed E-state index contributed by atoms with van der Waals surface area (Å²) < 4.78 is 0. The smallest absolute Gasteiger partial charge is 0.0101 e. The summed E-state index contributed by atoms with van der Waals surface area (Å²) in [5, 5.41) is 0. The first-order valence-corrected chi connectivity index (χ1v) is 4.95. The van der Waals surface area contributed by atoms with Crippen molar-refractivity contribution in [3.63, 3.8) is 0 Å². The van der Waals surface area contributed by atoms with Gasteiger partial charge < -0.3 is 5.73 Å². The van der Waals surface area contributed by atoms with Gasteiger partial charge in [-0.2, -0.15) is 0 Å². The fraction of sp³-hybridized carbons (Fsp3) is 1.00. The molecular weight excluding hydrogens is 134 g/mol. The van der Waals surface area contributed by atoms with E-state index in [4.69, 9.17) is 5.73 Å². The number of hydrogen-bond donors (Lipinski definition) is 1. The van der Waals surface area contributed by atoms with Crippen molar-refractivity contribution in [2.45, 2.75) is 39.2 Å². The Morgan fingerprint density at radius 1 is 1.18 bits per heavy atom. The summed E-state index contributed by atoms with van der Waals surface area (Å²) in [7, 11) is 0. The maximum absolute atomic E-state index is 6.17. The van der Waals surface area contributed by atoms with E-state index in [1.807, 2.05) is 0 Å². The molecule has 2 fully saturated rings. The molecule has 0 amide bonds. The molecule has 0 aromatic heterocycles. The summed E-state index contributed by atoms with van der Waals surface area (Å²) in [4.78, 5) is 0. The monoisotopic (exact) mass is 153 g/mol. The van der Waals surface area contributed by atoms with Crippen LogP contribution in [0.5, 0.6) is 0 Å². The van der Waals surface area contributed by atoms with E-state index < -0.39 is 0 Å². The molecule has 0 aromatic carbocycles. The van der Waals surface area contributed by atoms with Crippen LogP contribution in [0.4, 0.5) is 0 Å². The maximum atomic E-state index is 6.17. The number of rotatable bonds is 1. The molecule has 2 bridgehead atoms. The van der Waals surface area contributed by atoms with Crippen molar-refractivity contribution < 1.29 is 0 Å². The van der Waals surface area contributed by atoms with Crippen LogP contribution < -0.4 is 5.73 Å². The van der Waals surface area contributed by atoms with Crippen molar-refractivity contribution in [2.24, 2.45) is 29.4 Å². The summed E-state index contributed by atoms with van der Waals surface area (Å²) in [5.41, 5.74) is 6.17. The van der Waals surface area contributed by atoms with Gasteiger partial charge in [-0.25, -0.2) is 0 Å². The highest BCUT2D eigenvalue weighted by Crippen LogP contribution is 2.50. The summed E-state index contributed by atoms with van der Waals surface area (Å²) in [6, 6.07) is 0.536. The van der Waals surface area contributed by atoms with Crippen LogP contribution in [0.3, 0.4) is 0 Å². The zero-order chi connectivity index (χ0) is 8.01. The Morgan fingerprint density at radius 3 is 2.18 bits per heavy atom. The van der Waals surface area contributed by atoms with Crippen LogP contribution in [0.25, 0.3) is 0 Å². The van der Waals surface area contributed by atoms with Crippen LogP contribution >= 0.6 is 0 Å². The molecular formula is C10H19N. The van der Waals surface area contributed by atoms with E-state index in [0.717, 1.165) is 23.7 Å². The van der Waals surface area contributed by atoms with Gasteiger partial charge >= 0.3 is 0 Å². The van der Waals surface area contributed by atoms with Gasteiger partial charge in [0.25, 0.3) is 0 Å². The Kier molecular flexibility index (Phi) is 1.71. The van der Waals surface area contributed by atoms with Gasteiger partial charge in [-0.15, -0.1) is 0 Å². The zero-order valence-corrected chi connectivity index (χ0v) is 7.59. The van der Waals surface area contributed by atoms with E-state index in [0.29, 0.717) is 6.04 Å². The molecule has 11 heavy (non-hydrogen) atoms. The first-order chi connectivity index (χ1) is 5.20. The van der Waals surface area contributed by atoms with Crippen molar-refractivity contribution in [3.8, 4) is 0 Å². The Bertz CT molecular complexity index is 151. The van der Waals surface area contributed by atoms with E-state index in [2.05, 4.69) is 13.8 Å². The SMILES string of the molecule is CC(C)C1[C@@H]2CC[C@@H](C2)[C@@H]1N. The molecule has 0 radical (unpaired) electrons. The minimum Gasteiger partial charge on any atom is -0.327 e. The van der Waals surface area contributed by atoms with Crippen molar-refractivity contribution >= 4 is 0 Å². The third-order valence-electron chi connectivity index (χ3n) is 3.82. The second-order valence-electron chi connectivity index (χ2n) is 4.73. The highest BCUT2D eigenvalue weighted by atomic mass is 14.7. The third-order valence-corrected chi connectivity index (χ3v) is 3.82. The molecule has 1 nitrogen and oxygen atoms in total. The molecule has 0 aliphatic heterocycles. The quantitative estimate of drug-likeness (QED) is 0.612. The molecule has 0 aromatic rings. The lowest BCUT2D eigenvalue weighted by Gasteiger charge is -2.31. The highest BCUT2D eigenvalue weighted by molar-refractivity contribution is 4.99. The first-order valence-electron chi connectivity index (χ1n) is 4.95. The Morgan fingerprint density at radius 2 is 1.82 bits per heavy atom. The first kappa shape index (κ1) is 7.60. The summed E-state index contributed by atoms with van der Waals surface area (Å²) in [6.45, 7) is 4.65.